The van der Waals surface area contributed by atoms with E-state index in [1.54, 1.807) is 0 Å². The summed E-state index contributed by atoms with van der Waals surface area (Å²) in [5.41, 5.74) is 5.61. The van der Waals surface area contributed by atoms with Gasteiger partial charge in [-0.1, -0.05) is 19.3 Å². The monoisotopic (exact) mass is 225 g/mol. The number of nitrogens with zero attached hydrogens (tertiary/aromatic N) is 3. The topological polar surface area (TPSA) is 68.8 Å². The zero-order valence-corrected chi connectivity index (χ0v) is 9.33. The van der Waals surface area contributed by atoms with Crippen molar-refractivity contribution in [2.24, 2.45) is 0 Å². The molecule has 1 aliphatic rings. The van der Waals surface area contributed by atoms with Crippen molar-refractivity contribution in [2.75, 3.05) is 5.73 Å². The van der Waals surface area contributed by atoms with Crippen LogP contribution in [0.3, 0.4) is 0 Å². The first-order valence-corrected chi connectivity index (χ1v) is 5.64. The minimum Gasteiger partial charge on any atom is -0.368 e. The normalized spacial score (nSPS) is 17.6. The lowest BCUT2D eigenvalue weighted by molar-refractivity contribution is 0.412. The van der Waals surface area contributed by atoms with Gasteiger partial charge >= 0.3 is 0 Å². The molecule has 15 heavy (non-hydrogen) atoms. The molecule has 6 heteroatoms. The summed E-state index contributed by atoms with van der Waals surface area (Å²) in [7, 11) is 0. The van der Waals surface area contributed by atoms with Gasteiger partial charge in [-0.25, -0.2) is 0 Å². The zero-order chi connectivity index (χ0) is 10.7. The number of anilines is 1. The highest BCUT2D eigenvalue weighted by Crippen LogP contribution is 2.17. The predicted octanol–water partition coefficient (Wildman–Crippen LogP) is 0.916. The van der Waals surface area contributed by atoms with Crippen molar-refractivity contribution in [3.8, 4) is 0 Å². The molecule has 1 saturated carbocycles. The zero-order valence-electron chi connectivity index (χ0n) is 8.52. The van der Waals surface area contributed by atoms with E-state index in [0.29, 0.717) is 17.1 Å². The molecule has 0 spiro atoms. The van der Waals surface area contributed by atoms with E-state index in [0.717, 1.165) is 0 Å². The Morgan fingerprint density at radius 3 is 2.80 bits per heavy atom. The van der Waals surface area contributed by atoms with Crippen LogP contribution in [0.25, 0.3) is 0 Å². The maximum atomic E-state index is 5.61. The van der Waals surface area contributed by atoms with Gasteiger partial charge in [0.1, 0.15) is 6.33 Å². The molecule has 1 heterocycles. The van der Waals surface area contributed by atoms with Crippen LogP contribution in [0.2, 0.25) is 0 Å². The Kier molecular flexibility index (Phi) is 3.15. The lowest BCUT2D eigenvalue weighted by atomic mass is 9.96. The van der Waals surface area contributed by atoms with Gasteiger partial charge in [0.15, 0.2) is 5.11 Å². The van der Waals surface area contributed by atoms with Crippen LogP contribution in [0.5, 0.6) is 0 Å². The summed E-state index contributed by atoms with van der Waals surface area (Å²) in [6.07, 6.45) is 7.63. The summed E-state index contributed by atoms with van der Waals surface area (Å²) in [4.78, 5) is 3.83. The maximum absolute atomic E-state index is 5.61. The smallest absolute Gasteiger partial charge is 0.225 e. The van der Waals surface area contributed by atoms with Crippen molar-refractivity contribution in [1.82, 2.24) is 20.1 Å². The van der Waals surface area contributed by atoms with E-state index in [2.05, 4.69) is 15.4 Å². The van der Waals surface area contributed by atoms with E-state index in [-0.39, 0.29) is 0 Å². The number of rotatable bonds is 1. The fraction of sp³-hybridized carbons (Fsp3) is 0.667. The number of nitrogens with two attached hydrogens (primary N) is 1. The fourth-order valence-electron chi connectivity index (χ4n) is 1.89. The predicted molar refractivity (Wildman–Crippen MR) is 62.4 cm³/mol. The SMILES string of the molecule is Nc1ncnn1C(=S)NC1CCCCC1. The first kappa shape index (κ1) is 10.4. The molecule has 1 fully saturated rings. The molecule has 0 amide bonds. The molecule has 0 atom stereocenters. The Morgan fingerprint density at radius 1 is 1.47 bits per heavy atom. The van der Waals surface area contributed by atoms with E-state index < -0.39 is 0 Å². The molecule has 2 rings (SSSR count). The van der Waals surface area contributed by atoms with Crippen LogP contribution in [0.15, 0.2) is 6.33 Å². The van der Waals surface area contributed by atoms with E-state index >= 15 is 0 Å². The first-order chi connectivity index (χ1) is 7.27. The highest BCUT2D eigenvalue weighted by molar-refractivity contribution is 7.80. The van der Waals surface area contributed by atoms with Gasteiger partial charge in [0.2, 0.25) is 5.95 Å². The van der Waals surface area contributed by atoms with Crippen LogP contribution in [-0.2, 0) is 0 Å². The van der Waals surface area contributed by atoms with Crippen molar-refractivity contribution in [3.63, 3.8) is 0 Å². The molecule has 82 valence electrons. The van der Waals surface area contributed by atoms with Crippen LogP contribution in [0.4, 0.5) is 5.95 Å². The van der Waals surface area contributed by atoms with Gasteiger partial charge in [-0.15, -0.1) is 0 Å². The van der Waals surface area contributed by atoms with Crippen LogP contribution >= 0.6 is 12.2 Å². The van der Waals surface area contributed by atoms with Gasteiger partial charge in [0, 0.05) is 6.04 Å². The van der Waals surface area contributed by atoms with Crippen molar-refractivity contribution < 1.29 is 0 Å². The van der Waals surface area contributed by atoms with Gasteiger partial charge in [-0.05, 0) is 25.1 Å². The average molecular weight is 225 g/mol. The van der Waals surface area contributed by atoms with E-state index in [1.807, 2.05) is 0 Å². The van der Waals surface area contributed by atoms with Crippen LogP contribution in [-0.4, -0.2) is 25.9 Å². The lowest BCUT2D eigenvalue weighted by Crippen LogP contribution is -2.39. The van der Waals surface area contributed by atoms with Gasteiger partial charge in [-0.2, -0.15) is 14.8 Å². The molecule has 0 unspecified atom stereocenters. The second kappa shape index (κ2) is 4.57. The summed E-state index contributed by atoms with van der Waals surface area (Å²) in [6, 6.07) is 0.467. The van der Waals surface area contributed by atoms with Gasteiger partial charge in [0.05, 0.1) is 0 Å². The molecule has 1 aliphatic carbocycles. The van der Waals surface area contributed by atoms with Gasteiger partial charge in [0.25, 0.3) is 0 Å². The molecule has 0 radical (unpaired) electrons. The number of thiocarbonyl (C=S) groups is 1. The molecule has 0 saturated heterocycles. The molecule has 3 N–H and O–H groups in total. The Balaban J connectivity index is 1.94. The number of hydrogen-bond donors (Lipinski definition) is 2. The Labute approximate surface area is 94.1 Å². The third kappa shape index (κ3) is 2.44. The third-order valence-electron chi connectivity index (χ3n) is 2.70. The molecule has 0 bridgehead atoms. The summed E-state index contributed by atoms with van der Waals surface area (Å²) < 4.78 is 1.46. The molecule has 5 nitrogen and oxygen atoms in total. The van der Waals surface area contributed by atoms with Crippen molar-refractivity contribution >= 4 is 23.3 Å². The maximum Gasteiger partial charge on any atom is 0.225 e. The van der Waals surface area contributed by atoms with Crippen molar-refractivity contribution in [1.29, 1.82) is 0 Å². The molecule has 0 aliphatic heterocycles. The summed E-state index contributed by atoms with van der Waals surface area (Å²) >= 11 is 5.21. The molecule has 0 aromatic carbocycles. The highest BCUT2D eigenvalue weighted by atomic mass is 32.1. The Morgan fingerprint density at radius 2 is 2.20 bits per heavy atom. The Hall–Kier alpha value is -1.17. The quantitative estimate of drug-likeness (QED) is 0.695. The molecular formula is C9H15N5S. The number of hydrogen-bond acceptors (Lipinski definition) is 4. The highest BCUT2D eigenvalue weighted by Gasteiger charge is 2.15. The minimum absolute atomic E-state index is 0.336. The second-order valence-electron chi connectivity index (χ2n) is 3.81. The standard InChI is InChI=1S/C9H15N5S/c10-8-11-6-12-14(8)9(15)13-7-4-2-1-3-5-7/h6-7H,1-5H2,(H,13,15)(H2,10,11,12). The van der Waals surface area contributed by atoms with Crippen molar-refractivity contribution in [3.05, 3.63) is 6.33 Å². The summed E-state index contributed by atoms with van der Waals surface area (Å²) in [5.74, 6) is 0.336. The minimum atomic E-state index is 0.336. The number of nitrogen functional groups attached to an aromatic ring is 1. The molecular weight excluding hydrogens is 210 g/mol. The number of nitrogens with one attached hydrogen (secondary N) is 1. The van der Waals surface area contributed by atoms with E-state index in [4.69, 9.17) is 18.0 Å². The first-order valence-electron chi connectivity index (χ1n) is 5.24. The summed E-state index contributed by atoms with van der Waals surface area (Å²) in [6.45, 7) is 0. The third-order valence-corrected chi connectivity index (χ3v) is 2.99. The largest absolute Gasteiger partial charge is 0.368 e. The van der Waals surface area contributed by atoms with Crippen LogP contribution < -0.4 is 11.1 Å². The average Bonchev–Trinajstić information content (AvgIpc) is 2.66. The van der Waals surface area contributed by atoms with Crippen LogP contribution in [0, 0.1) is 0 Å². The number of aromatic nitrogens is 3. The fourth-order valence-corrected chi connectivity index (χ4v) is 2.20. The Bertz CT molecular complexity index is 342. The summed E-state index contributed by atoms with van der Waals surface area (Å²) in [5, 5.41) is 7.78. The van der Waals surface area contributed by atoms with E-state index in [1.165, 1.54) is 43.1 Å². The van der Waals surface area contributed by atoms with Gasteiger partial charge < -0.3 is 11.1 Å². The second-order valence-corrected chi connectivity index (χ2v) is 4.20. The van der Waals surface area contributed by atoms with Crippen molar-refractivity contribution in [2.45, 2.75) is 38.1 Å². The molecule has 1 aromatic heterocycles. The lowest BCUT2D eigenvalue weighted by Gasteiger charge is -2.23. The van der Waals surface area contributed by atoms with Crippen LogP contribution in [0.1, 0.15) is 32.1 Å². The van der Waals surface area contributed by atoms with E-state index in [9.17, 15) is 0 Å². The van der Waals surface area contributed by atoms with Gasteiger partial charge in [-0.3, -0.25) is 0 Å². The molecule has 1 aromatic rings.